The zero-order chi connectivity index (χ0) is 14.8. The van der Waals surface area contributed by atoms with Crippen LogP contribution >= 0.6 is 9.24 Å². The smallest absolute Gasteiger partial charge is 0.330 e. The van der Waals surface area contributed by atoms with Crippen LogP contribution in [0.1, 0.15) is 27.7 Å². The highest BCUT2D eigenvalue weighted by atomic mass is 31.0. The molecule has 1 atom stereocenters. The normalized spacial score (nSPS) is 12.4. The van der Waals surface area contributed by atoms with E-state index in [1.165, 1.54) is 0 Å². The van der Waals surface area contributed by atoms with Gasteiger partial charge in [-0.15, -0.1) is 9.24 Å². The van der Waals surface area contributed by atoms with E-state index >= 15 is 0 Å². The number of nitrogens with zero attached hydrogens (tertiary/aromatic N) is 1. The molecule has 0 aliphatic rings. The Labute approximate surface area is 123 Å². The van der Waals surface area contributed by atoms with Crippen molar-refractivity contribution in [1.29, 1.82) is 0 Å². The second kappa shape index (κ2) is 5.71. The summed E-state index contributed by atoms with van der Waals surface area (Å²) in [6, 6.07) is 9.87. The Hall–Kier alpha value is -1.12. The Kier molecular flexibility index (Phi) is 4.36. The monoisotopic (exact) mass is 288 g/mol. The third-order valence-corrected chi connectivity index (χ3v) is 4.36. The number of aromatic nitrogens is 1. The van der Waals surface area contributed by atoms with Gasteiger partial charge in [-0.25, -0.2) is 0 Å². The first-order chi connectivity index (χ1) is 9.29. The summed E-state index contributed by atoms with van der Waals surface area (Å²) in [5.74, 6) is 0. The average molecular weight is 288 g/mol. The zero-order valence-corrected chi connectivity index (χ0v) is 13.5. The minimum atomic E-state index is -0.276. The maximum Gasteiger partial charge on any atom is 0.330 e. The average Bonchev–Trinajstić information content (AvgIpc) is 2.89. The van der Waals surface area contributed by atoms with E-state index in [0.29, 0.717) is 0 Å². The highest BCUT2D eigenvalue weighted by molar-refractivity contribution is 7.19. The van der Waals surface area contributed by atoms with Crippen LogP contribution in [0, 0.1) is 0 Å². The summed E-state index contributed by atoms with van der Waals surface area (Å²) < 4.78 is 10.8. The van der Waals surface area contributed by atoms with Crippen molar-refractivity contribution in [3.05, 3.63) is 36.6 Å². The van der Waals surface area contributed by atoms with Crippen molar-refractivity contribution in [2.75, 3.05) is 0 Å². The summed E-state index contributed by atoms with van der Waals surface area (Å²) >= 11 is 0. The summed E-state index contributed by atoms with van der Waals surface area (Å²) in [6.45, 7) is 8.44. The van der Waals surface area contributed by atoms with Crippen LogP contribution in [-0.2, 0) is 4.65 Å². The first kappa shape index (κ1) is 15.3. The standard InChI is InChI=1S/C15H20BNO2P/c1-14(2,15(3,4)20)19-16-12-7-5-6-11(10-12)13-8-9-18-17-13/h5-10H,20H2,1-4H3. The Morgan fingerprint density at radius 3 is 2.55 bits per heavy atom. The lowest BCUT2D eigenvalue weighted by Crippen LogP contribution is -2.45. The van der Waals surface area contributed by atoms with E-state index in [0.717, 1.165) is 16.7 Å². The fourth-order valence-corrected chi connectivity index (χ4v) is 1.57. The van der Waals surface area contributed by atoms with Crippen LogP contribution in [0.3, 0.4) is 0 Å². The van der Waals surface area contributed by atoms with Crippen LogP contribution in [0.4, 0.5) is 0 Å². The van der Waals surface area contributed by atoms with Gasteiger partial charge in [0.1, 0.15) is 12.0 Å². The topological polar surface area (TPSA) is 35.3 Å². The summed E-state index contributed by atoms with van der Waals surface area (Å²) in [5, 5.41) is 3.92. The van der Waals surface area contributed by atoms with Gasteiger partial charge in [0.15, 0.2) is 0 Å². The zero-order valence-electron chi connectivity index (χ0n) is 12.4. The molecule has 0 saturated heterocycles. The maximum absolute atomic E-state index is 5.96. The van der Waals surface area contributed by atoms with Gasteiger partial charge in [-0.1, -0.05) is 48.7 Å². The summed E-state index contributed by atoms with van der Waals surface area (Å²) in [4.78, 5) is 0. The molecule has 0 saturated carbocycles. The van der Waals surface area contributed by atoms with Crippen molar-refractivity contribution in [2.45, 2.75) is 38.5 Å². The third-order valence-electron chi connectivity index (χ3n) is 3.66. The molecule has 1 unspecified atom stereocenters. The van der Waals surface area contributed by atoms with Crippen molar-refractivity contribution in [1.82, 2.24) is 5.16 Å². The van der Waals surface area contributed by atoms with E-state index < -0.39 is 0 Å². The Morgan fingerprint density at radius 1 is 1.20 bits per heavy atom. The minimum absolute atomic E-state index is 0.0206. The molecule has 5 heteroatoms. The molecule has 0 fully saturated rings. The van der Waals surface area contributed by atoms with Gasteiger partial charge in [-0.2, -0.15) is 0 Å². The molecular weight excluding hydrogens is 268 g/mol. The van der Waals surface area contributed by atoms with Crippen LogP contribution in [0.25, 0.3) is 11.3 Å². The van der Waals surface area contributed by atoms with Gasteiger partial charge in [-0.05, 0) is 13.8 Å². The van der Waals surface area contributed by atoms with Crippen molar-refractivity contribution >= 4 is 22.2 Å². The number of hydrogen-bond acceptors (Lipinski definition) is 3. The molecule has 2 rings (SSSR count). The summed E-state index contributed by atoms with van der Waals surface area (Å²) in [6.07, 6.45) is 1.57. The molecule has 0 spiro atoms. The molecular formula is C15H20BNO2P. The SMILES string of the molecule is CC(C)(P)C(C)(C)O[B]c1cccc(-c2ccon2)c1. The number of rotatable bonds is 5. The molecule has 0 amide bonds. The molecule has 0 bridgehead atoms. The third kappa shape index (κ3) is 3.50. The van der Waals surface area contributed by atoms with Crippen molar-refractivity contribution in [2.24, 2.45) is 0 Å². The number of benzene rings is 1. The second-order valence-electron chi connectivity index (χ2n) is 5.98. The maximum atomic E-state index is 5.96. The highest BCUT2D eigenvalue weighted by Gasteiger charge is 2.33. The lowest BCUT2D eigenvalue weighted by atomic mass is 9.83. The van der Waals surface area contributed by atoms with Gasteiger partial charge in [0.25, 0.3) is 0 Å². The highest BCUT2D eigenvalue weighted by Crippen LogP contribution is 2.33. The lowest BCUT2D eigenvalue weighted by Gasteiger charge is -2.39. The molecule has 0 N–H and O–H groups in total. The van der Waals surface area contributed by atoms with Crippen LogP contribution in [0.5, 0.6) is 0 Å². The van der Waals surface area contributed by atoms with Gasteiger partial charge in [0.2, 0.25) is 0 Å². The van der Waals surface area contributed by atoms with Gasteiger partial charge >= 0.3 is 7.48 Å². The first-order valence-corrected chi connectivity index (χ1v) is 7.18. The van der Waals surface area contributed by atoms with Crippen LogP contribution in [0.2, 0.25) is 0 Å². The van der Waals surface area contributed by atoms with Gasteiger partial charge in [0.05, 0.1) is 5.60 Å². The molecule has 2 aromatic rings. The van der Waals surface area contributed by atoms with Crippen LogP contribution in [-0.4, -0.2) is 23.4 Å². The quantitative estimate of drug-likeness (QED) is 0.626. The van der Waals surface area contributed by atoms with E-state index in [2.05, 4.69) is 42.1 Å². The molecule has 0 aliphatic carbocycles. The van der Waals surface area contributed by atoms with Crippen molar-refractivity contribution in [3.8, 4) is 11.3 Å². The largest absolute Gasteiger partial charge is 0.429 e. The molecule has 0 aliphatic heterocycles. The van der Waals surface area contributed by atoms with E-state index in [-0.39, 0.29) is 10.8 Å². The van der Waals surface area contributed by atoms with Gasteiger partial charge in [-0.3, -0.25) is 0 Å². The second-order valence-corrected chi connectivity index (χ2v) is 7.42. The van der Waals surface area contributed by atoms with E-state index in [1.807, 2.05) is 30.3 Å². The van der Waals surface area contributed by atoms with Crippen LogP contribution < -0.4 is 5.46 Å². The Bertz CT molecular complexity index is 562. The fraction of sp³-hybridized carbons (Fsp3) is 0.400. The molecule has 1 aromatic heterocycles. The Morgan fingerprint density at radius 2 is 1.95 bits per heavy atom. The van der Waals surface area contributed by atoms with E-state index in [9.17, 15) is 0 Å². The minimum Gasteiger partial charge on any atom is -0.429 e. The van der Waals surface area contributed by atoms with E-state index in [1.54, 1.807) is 13.7 Å². The fourth-order valence-electron chi connectivity index (χ4n) is 1.50. The molecule has 1 aromatic carbocycles. The van der Waals surface area contributed by atoms with Gasteiger partial charge in [0, 0.05) is 16.8 Å². The molecule has 3 nitrogen and oxygen atoms in total. The molecule has 1 radical (unpaired) electrons. The first-order valence-electron chi connectivity index (χ1n) is 6.60. The summed E-state index contributed by atoms with van der Waals surface area (Å²) in [5.41, 5.74) is 2.57. The molecule has 20 heavy (non-hydrogen) atoms. The molecule has 1 heterocycles. The lowest BCUT2D eigenvalue weighted by molar-refractivity contribution is 0.0841. The van der Waals surface area contributed by atoms with Crippen molar-refractivity contribution in [3.63, 3.8) is 0 Å². The Balaban J connectivity index is 2.10. The van der Waals surface area contributed by atoms with Crippen molar-refractivity contribution < 1.29 is 9.18 Å². The predicted octanol–water partition coefficient (Wildman–Crippen LogP) is 3.04. The summed E-state index contributed by atoms with van der Waals surface area (Å²) in [7, 11) is 4.63. The van der Waals surface area contributed by atoms with Gasteiger partial charge < -0.3 is 9.18 Å². The molecule has 105 valence electrons. The predicted molar refractivity (Wildman–Crippen MR) is 86.3 cm³/mol. The van der Waals surface area contributed by atoms with Crippen LogP contribution in [0.15, 0.2) is 41.1 Å². The van der Waals surface area contributed by atoms with E-state index in [4.69, 9.17) is 9.18 Å². The number of hydrogen-bond donors (Lipinski definition) is 0.